The first-order valence-corrected chi connectivity index (χ1v) is 9.72. The second kappa shape index (κ2) is 6.19. The zero-order valence-electron chi connectivity index (χ0n) is 16.5. The highest BCUT2D eigenvalue weighted by molar-refractivity contribution is 5.93. The molecular weight excluding hydrogens is 344 g/mol. The first kappa shape index (κ1) is 18.2. The number of amides is 2. The Bertz CT molecular complexity index is 767. The average molecular weight is 372 g/mol. The third-order valence-electron chi connectivity index (χ3n) is 6.05. The maximum Gasteiger partial charge on any atom is 0.230 e. The fourth-order valence-corrected chi connectivity index (χ4v) is 4.64. The van der Waals surface area contributed by atoms with E-state index in [0.717, 1.165) is 0 Å². The molecule has 4 heterocycles. The van der Waals surface area contributed by atoms with E-state index in [9.17, 15) is 9.59 Å². The summed E-state index contributed by atoms with van der Waals surface area (Å²) < 4.78 is 8.04. The molecule has 27 heavy (non-hydrogen) atoms. The summed E-state index contributed by atoms with van der Waals surface area (Å²) in [5.74, 6) is -0.809. The Balaban J connectivity index is 1.55. The van der Waals surface area contributed by atoms with E-state index in [1.54, 1.807) is 6.20 Å². The van der Waals surface area contributed by atoms with Crippen molar-refractivity contribution in [3.05, 3.63) is 30.6 Å². The second-order valence-corrected chi connectivity index (χ2v) is 8.68. The number of fused-ring (bicyclic) bond motifs is 1. The van der Waals surface area contributed by atoms with Gasteiger partial charge in [-0.05, 0) is 33.8 Å². The zero-order valence-corrected chi connectivity index (χ0v) is 16.5. The van der Waals surface area contributed by atoms with Gasteiger partial charge < -0.3 is 14.5 Å². The lowest BCUT2D eigenvalue weighted by Gasteiger charge is -2.34. The molecule has 1 aromatic rings. The number of hydrogen-bond donors (Lipinski definition) is 0. The van der Waals surface area contributed by atoms with Crippen LogP contribution in [0.4, 0.5) is 0 Å². The Morgan fingerprint density at radius 1 is 1.44 bits per heavy atom. The quantitative estimate of drug-likeness (QED) is 0.731. The van der Waals surface area contributed by atoms with Gasteiger partial charge in [0.15, 0.2) is 0 Å². The number of likely N-dealkylation sites (N-methyl/N-ethyl adjacent to an activating group) is 1. The van der Waals surface area contributed by atoms with Gasteiger partial charge >= 0.3 is 0 Å². The summed E-state index contributed by atoms with van der Waals surface area (Å²) in [5, 5.41) is 4.20. The van der Waals surface area contributed by atoms with Crippen molar-refractivity contribution in [2.75, 3.05) is 19.6 Å². The first-order chi connectivity index (χ1) is 12.8. The number of hydrogen-bond acceptors (Lipinski definition) is 4. The summed E-state index contributed by atoms with van der Waals surface area (Å²) >= 11 is 0. The monoisotopic (exact) mass is 372 g/mol. The number of carbonyl (C=O) groups excluding carboxylic acids is 2. The topological polar surface area (TPSA) is 67.7 Å². The van der Waals surface area contributed by atoms with Crippen molar-refractivity contribution in [1.29, 1.82) is 0 Å². The summed E-state index contributed by atoms with van der Waals surface area (Å²) in [7, 11) is 0. The van der Waals surface area contributed by atoms with Gasteiger partial charge in [-0.3, -0.25) is 14.3 Å². The molecule has 0 saturated carbocycles. The molecule has 0 aliphatic carbocycles. The number of likely N-dealkylation sites (tertiary alicyclic amines) is 1. The molecular formula is C20H28N4O3. The highest BCUT2D eigenvalue weighted by atomic mass is 16.5. The smallest absolute Gasteiger partial charge is 0.230 e. The molecule has 2 bridgehead atoms. The molecule has 3 aliphatic heterocycles. The van der Waals surface area contributed by atoms with E-state index in [2.05, 4.69) is 5.10 Å². The van der Waals surface area contributed by atoms with Crippen LogP contribution in [-0.4, -0.2) is 68.3 Å². The van der Waals surface area contributed by atoms with Crippen molar-refractivity contribution in [3.63, 3.8) is 0 Å². The van der Waals surface area contributed by atoms with Crippen LogP contribution in [0.15, 0.2) is 30.6 Å². The van der Waals surface area contributed by atoms with Gasteiger partial charge in [-0.15, -0.1) is 0 Å². The molecule has 0 radical (unpaired) electrons. The van der Waals surface area contributed by atoms with Crippen LogP contribution >= 0.6 is 0 Å². The second-order valence-electron chi connectivity index (χ2n) is 8.68. The normalized spacial score (nSPS) is 31.6. The number of ether oxygens (including phenoxy) is 1. The fourth-order valence-electron chi connectivity index (χ4n) is 4.64. The van der Waals surface area contributed by atoms with Crippen molar-refractivity contribution in [2.45, 2.75) is 51.5 Å². The summed E-state index contributed by atoms with van der Waals surface area (Å²) in [6, 6.07) is 1.87. The Hall–Kier alpha value is -2.15. The Kier molecular flexibility index (Phi) is 4.18. The maximum absolute atomic E-state index is 13.4. The SMILES string of the molecule is CCN(CCn1cccn1)C(=O)[C@@H]1[C@@H]2C=C[C@@]3(CN(C(C)(C)C)C(=O)[C@H]13)O2. The fraction of sp³-hybridized carbons (Fsp3) is 0.650. The van der Waals surface area contributed by atoms with Crippen LogP contribution in [0.25, 0.3) is 0 Å². The standard InChI is InChI=1S/C20H28N4O3/c1-5-22(11-12-23-10-6-9-21-23)17(25)15-14-7-8-20(27-14)13-24(19(2,3)4)18(26)16(15)20/h6-10,14-16H,5,11-13H2,1-4H3/t14-,15+,16-,20-/m0/s1. The van der Waals surface area contributed by atoms with Gasteiger partial charge in [0.25, 0.3) is 0 Å². The largest absolute Gasteiger partial charge is 0.360 e. The molecule has 2 saturated heterocycles. The van der Waals surface area contributed by atoms with Gasteiger partial charge in [0.2, 0.25) is 11.8 Å². The van der Waals surface area contributed by atoms with Crippen LogP contribution < -0.4 is 0 Å². The van der Waals surface area contributed by atoms with Crippen LogP contribution in [-0.2, 0) is 20.9 Å². The predicted molar refractivity (Wildman–Crippen MR) is 99.7 cm³/mol. The van der Waals surface area contributed by atoms with Gasteiger partial charge in [-0.2, -0.15) is 5.10 Å². The molecule has 7 nitrogen and oxygen atoms in total. The third kappa shape index (κ3) is 2.79. The number of aromatic nitrogens is 2. The van der Waals surface area contributed by atoms with Crippen LogP contribution in [0.5, 0.6) is 0 Å². The highest BCUT2D eigenvalue weighted by Gasteiger charge is 2.68. The zero-order chi connectivity index (χ0) is 19.4. The van der Waals surface area contributed by atoms with Gasteiger partial charge in [0.05, 0.1) is 31.0 Å². The van der Waals surface area contributed by atoms with Crippen LogP contribution in [0, 0.1) is 11.8 Å². The van der Waals surface area contributed by atoms with E-state index in [0.29, 0.717) is 26.2 Å². The third-order valence-corrected chi connectivity index (χ3v) is 6.05. The van der Waals surface area contributed by atoms with E-state index < -0.39 is 17.4 Å². The van der Waals surface area contributed by atoms with Gasteiger partial charge in [0, 0.05) is 31.0 Å². The number of carbonyl (C=O) groups is 2. The summed E-state index contributed by atoms with van der Waals surface area (Å²) in [4.78, 5) is 30.3. The lowest BCUT2D eigenvalue weighted by molar-refractivity contribution is -0.145. The average Bonchev–Trinajstić information content (AvgIpc) is 3.36. The van der Waals surface area contributed by atoms with Gasteiger partial charge in [0.1, 0.15) is 5.60 Å². The molecule has 4 atom stereocenters. The van der Waals surface area contributed by atoms with Crippen molar-refractivity contribution < 1.29 is 14.3 Å². The first-order valence-electron chi connectivity index (χ1n) is 9.72. The molecule has 0 aromatic carbocycles. The molecule has 146 valence electrons. The lowest BCUT2D eigenvalue weighted by Crippen LogP contribution is -2.48. The minimum Gasteiger partial charge on any atom is -0.360 e. The number of nitrogens with zero attached hydrogens (tertiary/aromatic N) is 4. The molecule has 2 fully saturated rings. The minimum atomic E-state index is -0.642. The Labute approximate surface area is 159 Å². The molecule has 1 spiro atoms. The van der Waals surface area contributed by atoms with E-state index in [1.165, 1.54) is 0 Å². The van der Waals surface area contributed by atoms with E-state index in [4.69, 9.17) is 4.74 Å². The molecule has 7 heteroatoms. The molecule has 0 unspecified atom stereocenters. The minimum absolute atomic E-state index is 0.00925. The summed E-state index contributed by atoms with van der Waals surface area (Å²) in [6.45, 7) is 10.4. The predicted octanol–water partition coefficient (Wildman–Crippen LogP) is 1.31. The maximum atomic E-state index is 13.4. The van der Waals surface area contributed by atoms with E-state index in [1.807, 2.05) is 66.6 Å². The molecule has 1 aromatic heterocycles. The highest BCUT2D eigenvalue weighted by Crippen LogP contribution is 2.53. The Morgan fingerprint density at radius 3 is 2.85 bits per heavy atom. The van der Waals surface area contributed by atoms with Crippen molar-refractivity contribution in [1.82, 2.24) is 19.6 Å². The number of rotatable bonds is 5. The molecule has 2 amide bonds. The summed E-state index contributed by atoms with van der Waals surface area (Å²) in [5.41, 5.74) is -0.930. The Morgan fingerprint density at radius 2 is 2.22 bits per heavy atom. The van der Waals surface area contributed by atoms with Gasteiger partial charge in [-0.1, -0.05) is 12.2 Å². The molecule has 3 aliphatic rings. The van der Waals surface area contributed by atoms with Crippen LogP contribution in [0.3, 0.4) is 0 Å². The van der Waals surface area contributed by atoms with Crippen molar-refractivity contribution in [2.24, 2.45) is 11.8 Å². The van der Waals surface area contributed by atoms with Crippen LogP contribution in [0.2, 0.25) is 0 Å². The van der Waals surface area contributed by atoms with Crippen LogP contribution in [0.1, 0.15) is 27.7 Å². The van der Waals surface area contributed by atoms with E-state index >= 15 is 0 Å². The van der Waals surface area contributed by atoms with Crippen molar-refractivity contribution >= 4 is 11.8 Å². The lowest BCUT2D eigenvalue weighted by atomic mass is 9.76. The molecule has 0 N–H and O–H groups in total. The molecule has 4 rings (SSSR count). The summed E-state index contributed by atoms with van der Waals surface area (Å²) in [6.07, 6.45) is 7.30. The van der Waals surface area contributed by atoms with Gasteiger partial charge in [-0.25, -0.2) is 0 Å². The van der Waals surface area contributed by atoms with E-state index in [-0.39, 0.29) is 23.5 Å². The van der Waals surface area contributed by atoms with Crippen molar-refractivity contribution in [3.8, 4) is 0 Å².